The maximum absolute atomic E-state index is 12.2. The fourth-order valence-corrected chi connectivity index (χ4v) is 1.74. The lowest BCUT2D eigenvalue weighted by Crippen LogP contribution is -2.30. The first-order chi connectivity index (χ1) is 8.90. The number of alkyl halides is 3. The minimum Gasteiger partial charge on any atom is -0.468 e. The average molecular weight is 278 g/mol. The van der Waals surface area contributed by atoms with Crippen LogP contribution in [0.5, 0.6) is 11.5 Å². The molecular formula is C10H10BF3O5. The molecule has 0 radical (unpaired) electrons. The van der Waals surface area contributed by atoms with Crippen LogP contribution in [0.1, 0.15) is 5.56 Å². The zero-order valence-corrected chi connectivity index (χ0v) is 9.86. The highest BCUT2D eigenvalue weighted by Gasteiger charge is 2.35. The molecule has 1 aromatic rings. The molecule has 0 fully saturated rings. The molecule has 1 aliphatic rings. The standard InChI is InChI=1S/C10H10BF3O5/c1-16-5-17-8-3-7(19-10(12,13)14)2-6-4-18-11(15)9(6)8/h2-3,15H,4-5H2,1H3. The van der Waals surface area contributed by atoms with E-state index >= 15 is 0 Å². The van der Waals surface area contributed by atoms with Crippen molar-refractivity contribution in [2.45, 2.75) is 13.0 Å². The maximum Gasteiger partial charge on any atom is 0.573 e. The quantitative estimate of drug-likeness (QED) is 0.651. The van der Waals surface area contributed by atoms with Crippen molar-refractivity contribution in [3.05, 3.63) is 17.7 Å². The monoisotopic (exact) mass is 278 g/mol. The zero-order valence-electron chi connectivity index (χ0n) is 9.86. The van der Waals surface area contributed by atoms with E-state index in [2.05, 4.69) is 9.47 Å². The van der Waals surface area contributed by atoms with Crippen LogP contribution in [-0.2, 0) is 16.0 Å². The van der Waals surface area contributed by atoms with Crippen LogP contribution >= 0.6 is 0 Å². The Balaban J connectivity index is 2.33. The molecule has 5 nitrogen and oxygen atoms in total. The zero-order chi connectivity index (χ0) is 14.0. The van der Waals surface area contributed by atoms with Crippen LogP contribution < -0.4 is 14.9 Å². The van der Waals surface area contributed by atoms with E-state index in [-0.39, 0.29) is 24.6 Å². The van der Waals surface area contributed by atoms with Crippen molar-refractivity contribution in [2.24, 2.45) is 0 Å². The Labute approximate surface area is 107 Å². The lowest BCUT2D eigenvalue weighted by Gasteiger charge is -2.14. The van der Waals surface area contributed by atoms with Gasteiger partial charge in [-0.3, -0.25) is 0 Å². The van der Waals surface area contributed by atoms with Crippen LogP contribution in [-0.4, -0.2) is 32.4 Å². The van der Waals surface area contributed by atoms with Gasteiger partial charge >= 0.3 is 13.5 Å². The lowest BCUT2D eigenvalue weighted by molar-refractivity contribution is -0.274. The van der Waals surface area contributed by atoms with Gasteiger partial charge in [0, 0.05) is 18.6 Å². The SMILES string of the molecule is COCOc1cc(OC(F)(F)F)cc2c1B(O)OC2. The van der Waals surface area contributed by atoms with Crippen LogP contribution in [0.15, 0.2) is 12.1 Å². The van der Waals surface area contributed by atoms with E-state index in [0.29, 0.717) is 5.56 Å². The summed E-state index contributed by atoms with van der Waals surface area (Å²) in [6, 6.07) is 2.18. The van der Waals surface area contributed by atoms with Crippen LogP contribution in [0.3, 0.4) is 0 Å². The highest BCUT2D eigenvalue weighted by atomic mass is 19.4. The van der Waals surface area contributed by atoms with Gasteiger partial charge in [0.1, 0.15) is 11.5 Å². The number of methoxy groups -OCH3 is 1. The summed E-state index contributed by atoms with van der Waals surface area (Å²) in [5, 5.41) is 9.58. The van der Waals surface area contributed by atoms with Crippen molar-refractivity contribution in [2.75, 3.05) is 13.9 Å². The van der Waals surface area contributed by atoms with Gasteiger partial charge in [-0.1, -0.05) is 0 Å². The van der Waals surface area contributed by atoms with Gasteiger partial charge in [0.15, 0.2) is 6.79 Å². The van der Waals surface area contributed by atoms with Crippen molar-refractivity contribution in [1.82, 2.24) is 0 Å². The average Bonchev–Trinajstić information content (AvgIpc) is 2.66. The van der Waals surface area contributed by atoms with E-state index in [4.69, 9.17) is 9.39 Å². The molecule has 0 aliphatic carbocycles. The smallest absolute Gasteiger partial charge is 0.468 e. The van der Waals surface area contributed by atoms with Crippen LogP contribution in [0.2, 0.25) is 0 Å². The second-order valence-corrected chi connectivity index (χ2v) is 3.76. The van der Waals surface area contributed by atoms with Crippen molar-refractivity contribution in [1.29, 1.82) is 0 Å². The molecule has 0 saturated heterocycles. The van der Waals surface area contributed by atoms with Gasteiger partial charge in [0.25, 0.3) is 0 Å². The van der Waals surface area contributed by atoms with E-state index in [0.717, 1.165) is 12.1 Å². The van der Waals surface area contributed by atoms with E-state index in [9.17, 15) is 18.2 Å². The molecule has 9 heteroatoms. The third-order valence-electron chi connectivity index (χ3n) is 2.41. The molecule has 1 aliphatic heterocycles. The lowest BCUT2D eigenvalue weighted by atomic mass is 9.78. The molecule has 0 amide bonds. The summed E-state index contributed by atoms with van der Waals surface area (Å²) < 4.78 is 55.1. The molecule has 2 rings (SSSR count). The highest BCUT2D eigenvalue weighted by Crippen LogP contribution is 2.29. The normalized spacial score (nSPS) is 14.5. The fourth-order valence-electron chi connectivity index (χ4n) is 1.74. The summed E-state index contributed by atoms with van der Waals surface area (Å²) in [4.78, 5) is 0. The topological polar surface area (TPSA) is 57.2 Å². The third kappa shape index (κ3) is 3.31. The molecule has 104 valence electrons. The summed E-state index contributed by atoms with van der Waals surface area (Å²) in [7, 11) is 0.130. The first-order valence-corrected chi connectivity index (χ1v) is 5.24. The van der Waals surface area contributed by atoms with E-state index in [1.165, 1.54) is 7.11 Å². The second kappa shape index (κ2) is 5.28. The Hall–Kier alpha value is -1.45. The molecule has 0 spiro atoms. The Morgan fingerprint density at radius 3 is 2.79 bits per heavy atom. The van der Waals surface area contributed by atoms with Gasteiger partial charge in [-0.25, -0.2) is 0 Å². The number of hydrogen-bond donors (Lipinski definition) is 1. The summed E-state index contributed by atoms with van der Waals surface area (Å²) in [6.07, 6.45) is -4.80. The van der Waals surface area contributed by atoms with E-state index in [1.54, 1.807) is 0 Å². The predicted octanol–water partition coefficient (Wildman–Crippen LogP) is 0.786. The number of fused-ring (bicyclic) bond motifs is 1. The largest absolute Gasteiger partial charge is 0.573 e. The Morgan fingerprint density at radius 2 is 2.16 bits per heavy atom. The number of benzene rings is 1. The van der Waals surface area contributed by atoms with Crippen LogP contribution in [0.4, 0.5) is 13.2 Å². The Kier molecular flexibility index (Phi) is 3.88. The second-order valence-electron chi connectivity index (χ2n) is 3.76. The molecular weight excluding hydrogens is 268 g/mol. The number of halogens is 3. The number of rotatable bonds is 4. The molecule has 0 saturated carbocycles. The molecule has 1 N–H and O–H groups in total. The summed E-state index contributed by atoms with van der Waals surface area (Å²) >= 11 is 0. The minimum absolute atomic E-state index is 0.0189. The van der Waals surface area contributed by atoms with Gasteiger partial charge < -0.3 is 23.9 Å². The maximum atomic E-state index is 12.2. The van der Waals surface area contributed by atoms with Crippen LogP contribution in [0.25, 0.3) is 0 Å². The Bertz CT molecular complexity index is 465. The molecule has 19 heavy (non-hydrogen) atoms. The molecule has 0 aromatic heterocycles. The van der Waals surface area contributed by atoms with Crippen molar-refractivity contribution in [3.63, 3.8) is 0 Å². The fraction of sp³-hybridized carbons (Fsp3) is 0.400. The van der Waals surface area contributed by atoms with Crippen molar-refractivity contribution < 1.29 is 37.1 Å². The van der Waals surface area contributed by atoms with Gasteiger partial charge in [0.2, 0.25) is 0 Å². The highest BCUT2D eigenvalue weighted by molar-refractivity contribution is 6.62. The first kappa shape index (κ1) is 14.0. The molecule has 1 heterocycles. The van der Waals surface area contributed by atoms with Crippen LogP contribution in [0, 0.1) is 0 Å². The van der Waals surface area contributed by atoms with Gasteiger partial charge in [-0.2, -0.15) is 0 Å². The molecule has 1 aromatic carbocycles. The van der Waals surface area contributed by atoms with Gasteiger partial charge in [-0.15, -0.1) is 13.2 Å². The first-order valence-electron chi connectivity index (χ1n) is 5.24. The van der Waals surface area contributed by atoms with Crippen molar-refractivity contribution >= 4 is 12.6 Å². The Morgan fingerprint density at radius 1 is 1.42 bits per heavy atom. The van der Waals surface area contributed by atoms with E-state index < -0.39 is 19.2 Å². The summed E-state index contributed by atoms with van der Waals surface area (Å²) in [5.74, 6) is -0.404. The molecule has 0 unspecified atom stereocenters. The number of hydrogen-bond acceptors (Lipinski definition) is 5. The summed E-state index contributed by atoms with van der Waals surface area (Å²) in [6.45, 7) is -0.191. The molecule has 0 atom stereocenters. The predicted molar refractivity (Wildman–Crippen MR) is 58.0 cm³/mol. The van der Waals surface area contributed by atoms with Crippen molar-refractivity contribution in [3.8, 4) is 11.5 Å². The molecule has 0 bridgehead atoms. The number of ether oxygens (including phenoxy) is 3. The minimum atomic E-state index is -4.80. The van der Waals surface area contributed by atoms with Gasteiger partial charge in [0.05, 0.1) is 6.61 Å². The van der Waals surface area contributed by atoms with E-state index in [1.807, 2.05) is 0 Å². The summed E-state index contributed by atoms with van der Waals surface area (Å²) in [5.41, 5.74) is 0.659. The van der Waals surface area contributed by atoms with Gasteiger partial charge in [-0.05, 0) is 11.6 Å². The third-order valence-corrected chi connectivity index (χ3v) is 2.41.